The molecular weight excluding hydrogens is 440 g/mol. The number of nitrogens with one attached hydrogen (secondary N) is 2. The molecule has 4 rings (SSSR count). The first-order valence-corrected chi connectivity index (χ1v) is 12.2. The van der Waals surface area contributed by atoms with Gasteiger partial charge in [0.2, 0.25) is 0 Å². The second-order valence-electron chi connectivity index (χ2n) is 10.6. The molecular formula is C28H34N4O3. The highest BCUT2D eigenvalue weighted by Crippen LogP contribution is 2.39. The predicted molar refractivity (Wildman–Crippen MR) is 138 cm³/mol. The number of amides is 2. The first-order chi connectivity index (χ1) is 16.5. The number of rotatable bonds is 5. The molecule has 184 valence electrons. The summed E-state index contributed by atoms with van der Waals surface area (Å²) in [5.74, 6) is 0.0269. The van der Waals surface area contributed by atoms with Crippen molar-refractivity contribution in [1.82, 2.24) is 15.1 Å². The summed E-state index contributed by atoms with van der Waals surface area (Å²) >= 11 is 0. The number of phenols is 1. The van der Waals surface area contributed by atoms with Crippen molar-refractivity contribution >= 4 is 17.6 Å². The van der Waals surface area contributed by atoms with Crippen molar-refractivity contribution in [3.05, 3.63) is 65.4 Å². The Morgan fingerprint density at radius 3 is 2.29 bits per heavy atom. The number of phenolic OH excluding ortho intramolecular Hbond substituents is 1. The van der Waals surface area contributed by atoms with Crippen LogP contribution in [0.25, 0.3) is 11.3 Å². The fourth-order valence-electron chi connectivity index (χ4n) is 4.14. The Morgan fingerprint density at radius 2 is 1.74 bits per heavy atom. The third-order valence-corrected chi connectivity index (χ3v) is 6.41. The van der Waals surface area contributed by atoms with E-state index in [4.69, 9.17) is 0 Å². The van der Waals surface area contributed by atoms with Gasteiger partial charge in [0.1, 0.15) is 5.75 Å². The van der Waals surface area contributed by atoms with E-state index in [1.807, 2.05) is 32.0 Å². The van der Waals surface area contributed by atoms with Crippen LogP contribution >= 0.6 is 0 Å². The lowest BCUT2D eigenvalue weighted by Gasteiger charge is -2.25. The van der Waals surface area contributed by atoms with Gasteiger partial charge >= 0.3 is 6.03 Å². The van der Waals surface area contributed by atoms with Crippen LogP contribution < -0.4 is 10.6 Å². The maximum Gasteiger partial charge on any atom is 0.342 e. The highest BCUT2D eigenvalue weighted by atomic mass is 16.3. The third kappa shape index (κ3) is 5.39. The topological polar surface area (TPSA) is 96.3 Å². The van der Waals surface area contributed by atoms with Gasteiger partial charge in [-0.05, 0) is 68.0 Å². The van der Waals surface area contributed by atoms with Crippen molar-refractivity contribution in [1.29, 1.82) is 0 Å². The van der Waals surface area contributed by atoms with Gasteiger partial charge in [-0.15, -0.1) is 0 Å². The summed E-state index contributed by atoms with van der Waals surface area (Å²) < 4.78 is 1.43. The van der Waals surface area contributed by atoms with Crippen LogP contribution in [0.3, 0.4) is 0 Å². The van der Waals surface area contributed by atoms with E-state index >= 15 is 0 Å². The minimum absolute atomic E-state index is 0.00893. The van der Waals surface area contributed by atoms with Gasteiger partial charge < -0.3 is 15.7 Å². The van der Waals surface area contributed by atoms with E-state index in [2.05, 4.69) is 36.5 Å². The number of carbonyl (C=O) groups is 2. The fraction of sp³-hybridized carbons (Fsp3) is 0.393. The van der Waals surface area contributed by atoms with Crippen molar-refractivity contribution in [3.63, 3.8) is 0 Å². The van der Waals surface area contributed by atoms with Gasteiger partial charge in [0.05, 0.1) is 11.4 Å². The maximum absolute atomic E-state index is 12.7. The van der Waals surface area contributed by atoms with Crippen molar-refractivity contribution in [2.75, 3.05) is 5.32 Å². The Morgan fingerprint density at radius 1 is 1.06 bits per heavy atom. The summed E-state index contributed by atoms with van der Waals surface area (Å²) in [4.78, 5) is 25.4. The van der Waals surface area contributed by atoms with Gasteiger partial charge in [-0.1, -0.05) is 39.3 Å². The summed E-state index contributed by atoms with van der Waals surface area (Å²) in [5.41, 5.74) is 4.08. The number of aromatic nitrogens is 2. The molecule has 7 heteroatoms. The number of nitrogens with zero attached hydrogens (tertiary/aromatic N) is 2. The van der Waals surface area contributed by atoms with Gasteiger partial charge in [0.25, 0.3) is 5.91 Å². The van der Waals surface area contributed by atoms with E-state index in [0.29, 0.717) is 28.4 Å². The SMILES string of the molecule is CC(C)NC(=O)n1nc(-c2ccc(NC(=O)c3ccc(C(C)(C)C)cc3)cc2O)cc1C1CCC1. The van der Waals surface area contributed by atoms with E-state index in [9.17, 15) is 14.7 Å². The summed E-state index contributed by atoms with van der Waals surface area (Å²) in [7, 11) is 0. The largest absolute Gasteiger partial charge is 0.507 e. The molecule has 0 spiro atoms. The van der Waals surface area contributed by atoms with E-state index in [1.54, 1.807) is 24.3 Å². The number of carbonyl (C=O) groups excluding carboxylic acids is 2. The maximum atomic E-state index is 12.7. The van der Waals surface area contributed by atoms with Crippen LogP contribution in [0.2, 0.25) is 0 Å². The predicted octanol–water partition coefficient (Wildman–Crippen LogP) is 6.04. The molecule has 0 unspecified atom stereocenters. The molecule has 1 aromatic heterocycles. The number of anilines is 1. The molecule has 0 bridgehead atoms. The molecule has 3 aromatic rings. The number of hydrogen-bond acceptors (Lipinski definition) is 4. The van der Waals surface area contributed by atoms with Crippen LogP contribution in [-0.2, 0) is 5.41 Å². The Kier molecular flexibility index (Phi) is 6.70. The van der Waals surface area contributed by atoms with Crippen molar-refractivity contribution in [2.24, 2.45) is 0 Å². The lowest BCUT2D eigenvalue weighted by atomic mass is 9.82. The average Bonchev–Trinajstić information content (AvgIpc) is 3.16. The fourth-order valence-corrected chi connectivity index (χ4v) is 4.14. The van der Waals surface area contributed by atoms with Crippen LogP contribution in [0.5, 0.6) is 5.75 Å². The van der Waals surface area contributed by atoms with Crippen molar-refractivity contribution < 1.29 is 14.7 Å². The van der Waals surface area contributed by atoms with E-state index in [-0.39, 0.29) is 29.1 Å². The van der Waals surface area contributed by atoms with Gasteiger partial charge in [0, 0.05) is 34.8 Å². The molecule has 1 fully saturated rings. The van der Waals surface area contributed by atoms with Crippen LogP contribution in [0.1, 0.15) is 81.4 Å². The zero-order valence-electron chi connectivity index (χ0n) is 21.1. The monoisotopic (exact) mass is 474 g/mol. The summed E-state index contributed by atoms with van der Waals surface area (Å²) in [6, 6.07) is 14.1. The second kappa shape index (κ2) is 9.56. The smallest absolute Gasteiger partial charge is 0.342 e. The van der Waals surface area contributed by atoms with E-state index < -0.39 is 0 Å². The molecule has 3 N–H and O–H groups in total. The lowest BCUT2D eigenvalue weighted by Crippen LogP contribution is -2.36. The summed E-state index contributed by atoms with van der Waals surface area (Å²) in [6.45, 7) is 10.2. The molecule has 0 aliphatic heterocycles. The highest BCUT2D eigenvalue weighted by Gasteiger charge is 2.28. The third-order valence-electron chi connectivity index (χ3n) is 6.41. The molecule has 0 radical (unpaired) electrons. The first kappa shape index (κ1) is 24.5. The summed E-state index contributed by atoms with van der Waals surface area (Å²) in [5, 5.41) is 21.0. The summed E-state index contributed by atoms with van der Waals surface area (Å²) in [6.07, 6.45) is 3.18. The van der Waals surface area contributed by atoms with Gasteiger partial charge in [-0.25, -0.2) is 4.79 Å². The highest BCUT2D eigenvalue weighted by molar-refractivity contribution is 6.04. The van der Waals surface area contributed by atoms with Gasteiger partial charge in [0.15, 0.2) is 0 Å². The Labute approximate surface area is 206 Å². The van der Waals surface area contributed by atoms with Crippen LogP contribution in [0.4, 0.5) is 10.5 Å². The number of aromatic hydroxyl groups is 1. The zero-order valence-corrected chi connectivity index (χ0v) is 21.1. The average molecular weight is 475 g/mol. The van der Waals surface area contributed by atoms with Crippen molar-refractivity contribution in [2.45, 2.75) is 71.3 Å². The normalized spacial score (nSPS) is 14.0. The standard InChI is InChI=1S/C28H34N4O3/c1-17(2)29-27(35)32-24(18-7-6-8-18)16-23(31-32)22-14-13-21(15-25(22)33)30-26(34)19-9-11-20(12-10-19)28(3,4)5/h9-18,33H,6-8H2,1-5H3,(H,29,35)(H,30,34). The number of hydrogen-bond donors (Lipinski definition) is 3. The molecule has 2 aromatic carbocycles. The minimum Gasteiger partial charge on any atom is -0.507 e. The molecule has 2 amide bonds. The zero-order chi connectivity index (χ0) is 25.3. The van der Waals surface area contributed by atoms with E-state index in [0.717, 1.165) is 30.5 Å². The molecule has 1 aliphatic rings. The molecule has 1 saturated carbocycles. The second-order valence-corrected chi connectivity index (χ2v) is 10.6. The van der Waals surface area contributed by atoms with Gasteiger partial charge in [-0.2, -0.15) is 9.78 Å². The molecule has 35 heavy (non-hydrogen) atoms. The lowest BCUT2D eigenvalue weighted by molar-refractivity contribution is 0.102. The first-order valence-electron chi connectivity index (χ1n) is 12.2. The quantitative estimate of drug-likeness (QED) is 0.420. The van der Waals surface area contributed by atoms with Crippen LogP contribution in [0, 0.1) is 0 Å². The molecule has 1 heterocycles. The Bertz CT molecular complexity index is 1230. The molecule has 1 aliphatic carbocycles. The van der Waals surface area contributed by atoms with E-state index in [1.165, 1.54) is 10.7 Å². The van der Waals surface area contributed by atoms with Gasteiger partial charge in [-0.3, -0.25) is 4.79 Å². The Hall–Kier alpha value is -3.61. The Balaban J connectivity index is 1.54. The minimum atomic E-state index is -0.269. The van der Waals surface area contributed by atoms with Crippen LogP contribution in [0.15, 0.2) is 48.5 Å². The van der Waals surface area contributed by atoms with Crippen LogP contribution in [-0.4, -0.2) is 32.9 Å². The molecule has 0 atom stereocenters. The molecule has 7 nitrogen and oxygen atoms in total. The molecule has 0 saturated heterocycles. The number of benzene rings is 2. The van der Waals surface area contributed by atoms with Crippen molar-refractivity contribution in [3.8, 4) is 17.0 Å².